The monoisotopic (exact) mass is 224 g/mol. The third-order valence-electron chi connectivity index (χ3n) is 1.73. The summed E-state index contributed by atoms with van der Waals surface area (Å²) in [5, 5.41) is 2.17. The average molecular weight is 224 g/mol. The van der Waals surface area contributed by atoms with Crippen LogP contribution in [0.25, 0.3) is 0 Å². The molecule has 1 aromatic rings. The summed E-state index contributed by atoms with van der Waals surface area (Å²) in [4.78, 5) is 0. The average Bonchev–Trinajstić information content (AvgIpc) is 2.14. The van der Waals surface area contributed by atoms with Crippen LogP contribution in [0.3, 0.4) is 0 Å². The lowest BCUT2D eigenvalue weighted by atomic mass is 10.1. The number of methoxy groups -OCH3 is 1. The lowest BCUT2D eigenvalue weighted by Crippen LogP contribution is -1.91. The van der Waals surface area contributed by atoms with E-state index in [2.05, 4.69) is 11.2 Å². The molecule has 0 fully saturated rings. The van der Waals surface area contributed by atoms with Crippen LogP contribution >= 0.6 is 0 Å². The topological polar surface area (TPSA) is 43.4 Å². The van der Waals surface area contributed by atoms with Gasteiger partial charge >= 0.3 is 0 Å². The number of sulfone groups is 1. The first-order valence-electron chi connectivity index (χ1n) is 4.30. The van der Waals surface area contributed by atoms with Crippen LogP contribution in [0.5, 0.6) is 5.75 Å². The molecule has 0 saturated heterocycles. The van der Waals surface area contributed by atoms with Gasteiger partial charge in [-0.15, -0.1) is 0 Å². The molecule has 0 radical (unpaired) electrons. The zero-order valence-corrected chi connectivity index (χ0v) is 9.68. The number of ether oxygens (including phenoxy) is 1. The first-order chi connectivity index (χ1) is 6.92. The van der Waals surface area contributed by atoms with Crippen LogP contribution in [-0.4, -0.2) is 21.8 Å². The van der Waals surface area contributed by atoms with Crippen LogP contribution in [0, 0.1) is 18.1 Å². The summed E-state index contributed by atoms with van der Waals surface area (Å²) >= 11 is 0. The Kier molecular flexibility index (Phi) is 3.38. The van der Waals surface area contributed by atoms with Gasteiger partial charge in [-0.2, -0.15) is 0 Å². The first kappa shape index (κ1) is 11.6. The fourth-order valence-electron chi connectivity index (χ4n) is 1.05. The second-order valence-corrected chi connectivity index (χ2v) is 4.95. The summed E-state index contributed by atoms with van der Waals surface area (Å²) in [6, 6.07) is 5.41. The minimum absolute atomic E-state index is 0.577. The van der Waals surface area contributed by atoms with Gasteiger partial charge in [0.15, 0.2) is 0 Å². The van der Waals surface area contributed by atoms with Crippen LogP contribution < -0.4 is 4.74 Å². The Balaban J connectivity index is 3.20. The van der Waals surface area contributed by atoms with Gasteiger partial charge < -0.3 is 4.74 Å². The van der Waals surface area contributed by atoms with Crippen molar-refractivity contribution in [3.63, 3.8) is 0 Å². The molecule has 0 unspecified atom stereocenters. The summed E-state index contributed by atoms with van der Waals surface area (Å²) in [6.07, 6.45) is 1.07. The highest BCUT2D eigenvalue weighted by atomic mass is 32.2. The molecule has 0 atom stereocenters. The highest BCUT2D eigenvalue weighted by Gasteiger charge is 2.00. The molecule has 0 aromatic heterocycles. The molecule has 0 aliphatic rings. The molecule has 4 heteroatoms. The minimum Gasteiger partial charge on any atom is -0.495 e. The molecule has 0 N–H and O–H groups in total. The van der Waals surface area contributed by atoms with Crippen molar-refractivity contribution >= 4 is 9.84 Å². The van der Waals surface area contributed by atoms with Gasteiger partial charge in [-0.3, -0.25) is 0 Å². The Hall–Kier alpha value is -1.47. The van der Waals surface area contributed by atoms with Crippen LogP contribution in [0.1, 0.15) is 11.1 Å². The lowest BCUT2D eigenvalue weighted by Gasteiger charge is -2.03. The predicted octanol–water partition coefficient (Wildman–Crippen LogP) is 1.36. The van der Waals surface area contributed by atoms with E-state index >= 15 is 0 Å². The second kappa shape index (κ2) is 4.37. The van der Waals surface area contributed by atoms with E-state index in [9.17, 15) is 8.42 Å². The molecule has 0 spiro atoms. The van der Waals surface area contributed by atoms with Crippen LogP contribution in [0.15, 0.2) is 18.2 Å². The first-order valence-corrected chi connectivity index (χ1v) is 6.19. The van der Waals surface area contributed by atoms with Gasteiger partial charge in [-0.1, -0.05) is 6.07 Å². The Bertz CT molecular complexity index is 518. The Morgan fingerprint density at radius 3 is 2.53 bits per heavy atom. The fourth-order valence-corrected chi connectivity index (χ4v) is 1.34. The van der Waals surface area contributed by atoms with Gasteiger partial charge in [-0.25, -0.2) is 8.42 Å². The fraction of sp³-hybridized carbons (Fsp3) is 0.273. The maximum Gasteiger partial charge on any atom is 0.214 e. The zero-order valence-electron chi connectivity index (χ0n) is 8.87. The van der Waals surface area contributed by atoms with Crippen molar-refractivity contribution in [1.82, 2.24) is 0 Å². The highest BCUT2D eigenvalue weighted by molar-refractivity contribution is 7.95. The van der Waals surface area contributed by atoms with Gasteiger partial charge in [0.05, 0.1) is 18.9 Å². The largest absolute Gasteiger partial charge is 0.495 e. The Labute approximate surface area is 90.0 Å². The summed E-state index contributed by atoms with van der Waals surface area (Å²) < 4.78 is 26.8. The van der Waals surface area contributed by atoms with Crippen LogP contribution in [0.2, 0.25) is 0 Å². The maximum absolute atomic E-state index is 10.9. The maximum atomic E-state index is 10.9. The van der Waals surface area contributed by atoms with E-state index in [0.717, 1.165) is 11.8 Å². The second-order valence-electron chi connectivity index (χ2n) is 3.20. The van der Waals surface area contributed by atoms with Crippen molar-refractivity contribution in [1.29, 1.82) is 0 Å². The standard InChI is InChI=1S/C11H12O3S/c1-9-4-5-10(11(8-9)14-2)6-7-15(3,12)13/h4-5,8H,1-3H3. The summed E-state index contributed by atoms with van der Waals surface area (Å²) in [5.41, 5.74) is 1.62. The van der Waals surface area contributed by atoms with Crippen molar-refractivity contribution in [2.75, 3.05) is 13.4 Å². The molecule has 80 valence electrons. The van der Waals surface area contributed by atoms with E-state index in [4.69, 9.17) is 4.74 Å². The van der Waals surface area contributed by atoms with Crippen molar-refractivity contribution in [2.45, 2.75) is 6.92 Å². The van der Waals surface area contributed by atoms with Crippen molar-refractivity contribution < 1.29 is 13.2 Å². The quantitative estimate of drug-likeness (QED) is 0.676. The number of aryl methyl sites for hydroxylation is 1. The van der Waals surface area contributed by atoms with E-state index < -0.39 is 9.84 Å². The van der Waals surface area contributed by atoms with E-state index in [-0.39, 0.29) is 0 Å². The van der Waals surface area contributed by atoms with Crippen molar-refractivity contribution in [2.24, 2.45) is 0 Å². The molecular weight excluding hydrogens is 212 g/mol. The molecule has 1 aromatic carbocycles. The number of benzene rings is 1. The molecule has 0 heterocycles. The molecule has 0 aliphatic heterocycles. The van der Waals surface area contributed by atoms with Gasteiger partial charge in [0.25, 0.3) is 0 Å². The van der Waals surface area contributed by atoms with Gasteiger partial charge in [0.1, 0.15) is 5.75 Å². The number of hydrogen-bond acceptors (Lipinski definition) is 3. The summed E-state index contributed by atoms with van der Waals surface area (Å²) in [6.45, 7) is 1.93. The van der Waals surface area contributed by atoms with Gasteiger partial charge in [0.2, 0.25) is 9.84 Å². The third kappa shape index (κ3) is 3.64. The number of hydrogen-bond donors (Lipinski definition) is 0. The van der Waals surface area contributed by atoms with Gasteiger partial charge in [0, 0.05) is 5.25 Å². The molecule has 15 heavy (non-hydrogen) atoms. The predicted molar refractivity (Wildman–Crippen MR) is 59.5 cm³/mol. The SMILES string of the molecule is COc1cc(C)ccc1C#CS(C)(=O)=O. The normalized spacial score (nSPS) is 10.3. The molecule has 0 saturated carbocycles. The summed E-state index contributed by atoms with van der Waals surface area (Å²) in [5.74, 6) is 3.16. The van der Waals surface area contributed by atoms with Crippen LogP contribution in [-0.2, 0) is 9.84 Å². The van der Waals surface area contributed by atoms with Crippen LogP contribution in [0.4, 0.5) is 0 Å². The number of rotatable bonds is 1. The highest BCUT2D eigenvalue weighted by Crippen LogP contribution is 2.18. The van der Waals surface area contributed by atoms with Crippen molar-refractivity contribution in [3.8, 4) is 16.9 Å². The molecule has 0 bridgehead atoms. The minimum atomic E-state index is -3.27. The summed E-state index contributed by atoms with van der Waals surface area (Å²) in [7, 11) is -1.75. The van der Waals surface area contributed by atoms with E-state index in [1.165, 1.54) is 7.11 Å². The Morgan fingerprint density at radius 2 is 2.00 bits per heavy atom. The van der Waals surface area contributed by atoms with E-state index in [0.29, 0.717) is 11.3 Å². The van der Waals surface area contributed by atoms with Gasteiger partial charge in [-0.05, 0) is 30.5 Å². The molecule has 0 amide bonds. The smallest absolute Gasteiger partial charge is 0.214 e. The van der Waals surface area contributed by atoms with E-state index in [1.807, 2.05) is 19.1 Å². The Morgan fingerprint density at radius 1 is 1.33 bits per heavy atom. The lowest BCUT2D eigenvalue weighted by molar-refractivity contribution is 0.413. The molecular formula is C11H12O3S. The third-order valence-corrected chi connectivity index (χ3v) is 2.20. The molecule has 0 aliphatic carbocycles. The van der Waals surface area contributed by atoms with Crippen molar-refractivity contribution in [3.05, 3.63) is 29.3 Å². The zero-order chi connectivity index (χ0) is 11.5. The molecule has 3 nitrogen and oxygen atoms in total. The van der Waals surface area contributed by atoms with E-state index in [1.54, 1.807) is 6.07 Å². The molecule has 1 rings (SSSR count).